The highest BCUT2D eigenvalue weighted by Crippen LogP contribution is 2.20. The second-order valence-electron chi connectivity index (χ2n) is 5.79. The summed E-state index contributed by atoms with van der Waals surface area (Å²) in [5, 5.41) is 13.2. The number of nitrogens with one attached hydrogen (secondary N) is 1. The first kappa shape index (κ1) is 18.9. The summed E-state index contributed by atoms with van der Waals surface area (Å²) in [6.07, 6.45) is 3.19. The third kappa shape index (κ3) is 5.90. The maximum Gasteiger partial charge on any atom is 0.317 e. The van der Waals surface area contributed by atoms with Crippen molar-refractivity contribution in [2.24, 2.45) is 5.92 Å². The van der Waals surface area contributed by atoms with Gasteiger partial charge in [0.15, 0.2) is 0 Å². The molecule has 2 rings (SSSR count). The van der Waals surface area contributed by atoms with Crippen molar-refractivity contribution in [1.29, 1.82) is 0 Å². The molecule has 1 atom stereocenters. The van der Waals surface area contributed by atoms with Crippen LogP contribution < -0.4 is 5.32 Å². The summed E-state index contributed by atoms with van der Waals surface area (Å²) in [7, 11) is -3.50. The van der Waals surface area contributed by atoms with E-state index < -0.39 is 16.0 Å². The lowest BCUT2D eigenvalue weighted by atomic mass is 10.00. The standard InChI is InChI=1S/C16H21ClN2O4S/c17-15-5-1-3-13(9-15)6-8-24(22,23)19-7-2-4-14(12-19)10-18-11-16(20)21/h1,3,5-6,8-9,14,18H,2,4,7,10-12H2,(H,20,21). The molecular weight excluding hydrogens is 352 g/mol. The van der Waals surface area contributed by atoms with Crippen LogP contribution in [0, 0.1) is 5.92 Å². The molecule has 0 bridgehead atoms. The lowest BCUT2D eigenvalue weighted by Crippen LogP contribution is -2.42. The number of carbonyl (C=O) groups is 1. The summed E-state index contributed by atoms with van der Waals surface area (Å²) in [5.74, 6) is -0.799. The lowest BCUT2D eigenvalue weighted by Gasteiger charge is -2.31. The Labute approximate surface area is 147 Å². The zero-order valence-electron chi connectivity index (χ0n) is 13.2. The molecule has 1 aromatic carbocycles. The zero-order valence-corrected chi connectivity index (χ0v) is 14.8. The summed E-state index contributed by atoms with van der Waals surface area (Å²) >= 11 is 5.89. The van der Waals surface area contributed by atoms with Crippen LogP contribution in [-0.2, 0) is 14.8 Å². The Balaban J connectivity index is 1.96. The Bertz CT molecular complexity index is 706. The van der Waals surface area contributed by atoms with Crippen molar-refractivity contribution in [3.05, 3.63) is 40.3 Å². The summed E-state index contributed by atoms with van der Waals surface area (Å²) in [6.45, 7) is 1.26. The van der Waals surface area contributed by atoms with Crippen LogP contribution in [0.3, 0.4) is 0 Å². The van der Waals surface area contributed by atoms with Crippen molar-refractivity contribution in [3.8, 4) is 0 Å². The van der Waals surface area contributed by atoms with Crippen molar-refractivity contribution in [2.45, 2.75) is 12.8 Å². The minimum Gasteiger partial charge on any atom is -0.480 e. The highest BCUT2D eigenvalue weighted by atomic mass is 35.5. The first-order valence-electron chi connectivity index (χ1n) is 7.73. The summed E-state index contributed by atoms with van der Waals surface area (Å²) in [5.41, 5.74) is 0.725. The largest absolute Gasteiger partial charge is 0.480 e. The molecule has 1 heterocycles. The lowest BCUT2D eigenvalue weighted by molar-refractivity contribution is -0.136. The number of hydrogen-bond acceptors (Lipinski definition) is 4. The number of nitrogens with zero attached hydrogens (tertiary/aromatic N) is 1. The predicted octanol–water partition coefficient (Wildman–Crippen LogP) is 2.03. The highest BCUT2D eigenvalue weighted by molar-refractivity contribution is 7.92. The first-order valence-corrected chi connectivity index (χ1v) is 9.61. The molecule has 0 saturated carbocycles. The molecule has 8 heteroatoms. The van der Waals surface area contributed by atoms with Gasteiger partial charge in [-0.15, -0.1) is 0 Å². The fourth-order valence-corrected chi connectivity index (χ4v) is 4.17. The van der Waals surface area contributed by atoms with E-state index in [2.05, 4.69) is 5.32 Å². The van der Waals surface area contributed by atoms with E-state index >= 15 is 0 Å². The van der Waals surface area contributed by atoms with Crippen molar-refractivity contribution in [3.63, 3.8) is 0 Å². The van der Waals surface area contributed by atoms with Gasteiger partial charge < -0.3 is 10.4 Å². The molecule has 0 aliphatic carbocycles. The Morgan fingerprint density at radius 3 is 2.96 bits per heavy atom. The van der Waals surface area contributed by atoms with E-state index in [0.29, 0.717) is 24.7 Å². The van der Waals surface area contributed by atoms with Gasteiger partial charge >= 0.3 is 5.97 Å². The molecule has 132 valence electrons. The van der Waals surface area contributed by atoms with E-state index in [0.717, 1.165) is 18.4 Å². The van der Waals surface area contributed by atoms with Gasteiger partial charge in [0.05, 0.1) is 6.54 Å². The zero-order chi connectivity index (χ0) is 17.6. The average molecular weight is 373 g/mol. The van der Waals surface area contributed by atoms with Gasteiger partial charge in [0, 0.05) is 23.5 Å². The number of hydrogen-bond donors (Lipinski definition) is 2. The van der Waals surface area contributed by atoms with Gasteiger partial charge in [-0.05, 0) is 49.1 Å². The predicted molar refractivity (Wildman–Crippen MR) is 94.2 cm³/mol. The molecule has 0 radical (unpaired) electrons. The van der Waals surface area contributed by atoms with Gasteiger partial charge in [0.25, 0.3) is 0 Å². The molecule has 2 N–H and O–H groups in total. The molecule has 0 aromatic heterocycles. The fourth-order valence-electron chi connectivity index (χ4n) is 2.67. The van der Waals surface area contributed by atoms with E-state index in [4.69, 9.17) is 16.7 Å². The van der Waals surface area contributed by atoms with Crippen LogP contribution in [0.5, 0.6) is 0 Å². The third-order valence-corrected chi connectivity index (χ3v) is 5.60. The molecule has 1 unspecified atom stereocenters. The van der Waals surface area contributed by atoms with Crippen molar-refractivity contribution in [2.75, 3.05) is 26.2 Å². The number of carboxylic acids is 1. The molecule has 1 aliphatic rings. The molecule has 0 amide bonds. The van der Waals surface area contributed by atoms with Gasteiger partial charge in [-0.1, -0.05) is 23.7 Å². The van der Waals surface area contributed by atoms with Gasteiger partial charge in [-0.25, -0.2) is 8.42 Å². The third-order valence-electron chi connectivity index (χ3n) is 3.83. The van der Waals surface area contributed by atoms with Crippen LogP contribution in [0.15, 0.2) is 29.7 Å². The quantitative estimate of drug-likeness (QED) is 0.764. The number of carboxylic acid groups (broad SMARTS) is 1. The van der Waals surface area contributed by atoms with Gasteiger partial charge in [0.1, 0.15) is 0 Å². The van der Waals surface area contributed by atoms with E-state index in [1.165, 1.54) is 15.8 Å². The SMILES string of the molecule is O=C(O)CNCC1CCCN(S(=O)(=O)C=Cc2cccc(Cl)c2)C1. The van der Waals surface area contributed by atoms with Gasteiger partial charge in [-0.3, -0.25) is 4.79 Å². The summed E-state index contributed by atoms with van der Waals surface area (Å²) in [4.78, 5) is 10.5. The molecule has 1 saturated heterocycles. The summed E-state index contributed by atoms with van der Waals surface area (Å²) < 4.78 is 26.4. The van der Waals surface area contributed by atoms with Crippen molar-refractivity contribution >= 4 is 33.7 Å². The molecule has 1 fully saturated rings. The number of sulfonamides is 1. The van der Waals surface area contributed by atoms with E-state index in [-0.39, 0.29) is 12.5 Å². The average Bonchev–Trinajstić information content (AvgIpc) is 2.53. The molecule has 6 nitrogen and oxygen atoms in total. The van der Waals surface area contributed by atoms with Crippen molar-refractivity contribution in [1.82, 2.24) is 9.62 Å². The number of halogens is 1. The molecule has 1 aliphatic heterocycles. The maximum absolute atomic E-state index is 12.5. The normalized spacial score (nSPS) is 19.6. The Hall–Kier alpha value is -1.41. The Morgan fingerprint density at radius 1 is 1.46 bits per heavy atom. The van der Waals surface area contributed by atoms with Crippen LogP contribution in [0.1, 0.15) is 18.4 Å². The summed E-state index contributed by atoms with van der Waals surface area (Å²) in [6, 6.07) is 6.97. The van der Waals surface area contributed by atoms with Crippen LogP contribution in [0.2, 0.25) is 5.02 Å². The molecular formula is C16H21ClN2O4S. The maximum atomic E-state index is 12.5. The van der Waals surface area contributed by atoms with Crippen LogP contribution in [0.4, 0.5) is 0 Å². The van der Waals surface area contributed by atoms with Gasteiger partial charge in [0.2, 0.25) is 10.0 Å². The van der Waals surface area contributed by atoms with Crippen molar-refractivity contribution < 1.29 is 18.3 Å². The molecule has 0 spiro atoms. The van der Waals surface area contributed by atoms with E-state index in [1.807, 2.05) is 0 Å². The first-order chi connectivity index (χ1) is 11.4. The Kier molecular flexibility index (Phi) is 6.79. The monoisotopic (exact) mass is 372 g/mol. The topological polar surface area (TPSA) is 86.7 Å². The fraction of sp³-hybridized carbons (Fsp3) is 0.438. The number of aliphatic carboxylic acids is 1. The van der Waals surface area contributed by atoms with Crippen LogP contribution >= 0.6 is 11.6 Å². The number of rotatable bonds is 7. The van der Waals surface area contributed by atoms with Gasteiger partial charge in [-0.2, -0.15) is 4.31 Å². The van der Waals surface area contributed by atoms with E-state index in [1.54, 1.807) is 24.3 Å². The highest BCUT2D eigenvalue weighted by Gasteiger charge is 2.27. The molecule has 24 heavy (non-hydrogen) atoms. The minimum atomic E-state index is -3.50. The minimum absolute atomic E-state index is 0.113. The second-order valence-corrected chi connectivity index (χ2v) is 8.05. The number of benzene rings is 1. The van der Waals surface area contributed by atoms with E-state index in [9.17, 15) is 13.2 Å². The number of piperidine rings is 1. The molecule has 1 aromatic rings. The smallest absolute Gasteiger partial charge is 0.317 e. The van der Waals surface area contributed by atoms with Crippen LogP contribution in [0.25, 0.3) is 6.08 Å². The Morgan fingerprint density at radius 2 is 2.25 bits per heavy atom. The van der Waals surface area contributed by atoms with Crippen LogP contribution in [-0.4, -0.2) is 50.0 Å². The second kappa shape index (κ2) is 8.62.